The molecule has 0 aliphatic heterocycles. The zero-order valence-corrected chi connectivity index (χ0v) is 8.66. The van der Waals surface area contributed by atoms with Crippen molar-refractivity contribution in [3.8, 4) is 0 Å². The third kappa shape index (κ3) is 5.19. The molecule has 0 heterocycles. The maximum Gasteiger partial charge on any atom is 0.220 e. The van der Waals surface area contributed by atoms with E-state index in [1.807, 2.05) is 0 Å². The fourth-order valence-electron chi connectivity index (χ4n) is 1.31. The smallest absolute Gasteiger partial charge is 0.220 e. The Balaban J connectivity index is 1.95. The standard InChI is InChI=1S/C10H19NO3/c1-14-7-9(12)6-11-10(13)5-4-8-2-3-8/h8-9,12H,2-7H2,1H3,(H,11,13). The molecule has 1 atom stereocenters. The van der Waals surface area contributed by atoms with Crippen LogP contribution in [0.25, 0.3) is 0 Å². The predicted octanol–water partition coefficient (Wildman–Crippen LogP) is 0.300. The lowest BCUT2D eigenvalue weighted by Crippen LogP contribution is -2.34. The van der Waals surface area contributed by atoms with Gasteiger partial charge < -0.3 is 15.2 Å². The normalized spacial score (nSPS) is 17.9. The molecule has 0 spiro atoms. The zero-order valence-electron chi connectivity index (χ0n) is 8.66. The maximum atomic E-state index is 11.2. The summed E-state index contributed by atoms with van der Waals surface area (Å²) in [5.74, 6) is 0.816. The molecule has 2 N–H and O–H groups in total. The monoisotopic (exact) mass is 201 g/mol. The van der Waals surface area contributed by atoms with Gasteiger partial charge in [0.15, 0.2) is 0 Å². The molecule has 4 heteroatoms. The molecule has 14 heavy (non-hydrogen) atoms. The Labute approximate surface area is 84.6 Å². The largest absolute Gasteiger partial charge is 0.389 e. The van der Waals surface area contributed by atoms with Gasteiger partial charge in [0.05, 0.1) is 12.7 Å². The molecule has 82 valence electrons. The van der Waals surface area contributed by atoms with Crippen molar-refractivity contribution in [3.63, 3.8) is 0 Å². The van der Waals surface area contributed by atoms with Gasteiger partial charge in [-0.3, -0.25) is 4.79 Å². The molecule has 4 nitrogen and oxygen atoms in total. The lowest BCUT2D eigenvalue weighted by atomic mass is 10.2. The summed E-state index contributed by atoms with van der Waals surface area (Å²) in [4.78, 5) is 11.2. The predicted molar refractivity (Wildman–Crippen MR) is 52.9 cm³/mol. The topological polar surface area (TPSA) is 58.6 Å². The Hall–Kier alpha value is -0.610. The molecule has 0 saturated heterocycles. The van der Waals surface area contributed by atoms with Gasteiger partial charge in [-0.25, -0.2) is 0 Å². The minimum Gasteiger partial charge on any atom is -0.389 e. The van der Waals surface area contributed by atoms with E-state index in [9.17, 15) is 9.90 Å². The van der Waals surface area contributed by atoms with E-state index in [1.165, 1.54) is 20.0 Å². The number of carbonyl (C=O) groups excluding carboxylic acids is 1. The van der Waals surface area contributed by atoms with Crippen molar-refractivity contribution in [2.45, 2.75) is 31.8 Å². The van der Waals surface area contributed by atoms with Crippen LogP contribution in [-0.4, -0.2) is 37.4 Å². The number of hydrogen-bond donors (Lipinski definition) is 2. The Morgan fingerprint density at radius 2 is 2.36 bits per heavy atom. The molecule has 1 amide bonds. The molecular formula is C10H19NO3. The SMILES string of the molecule is COCC(O)CNC(=O)CCC1CC1. The number of rotatable bonds is 7. The molecule has 0 bridgehead atoms. The third-order valence-corrected chi connectivity index (χ3v) is 2.37. The summed E-state index contributed by atoms with van der Waals surface area (Å²) in [6.07, 6.45) is 3.54. The Bertz CT molecular complexity index is 180. The van der Waals surface area contributed by atoms with Crippen LogP contribution in [0.15, 0.2) is 0 Å². The average Bonchev–Trinajstić information content (AvgIpc) is 2.95. The van der Waals surface area contributed by atoms with Crippen LogP contribution in [0.3, 0.4) is 0 Å². The first-order valence-electron chi connectivity index (χ1n) is 5.16. The Kier molecular flexibility index (Phi) is 4.90. The molecule has 0 radical (unpaired) electrons. The van der Waals surface area contributed by atoms with Crippen molar-refractivity contribution < 1.29 is 14.6 Å². The summed E-state index contributed by atoms with van der Waals surface area (Å²) in [5.41, 5.74) is 0. The van der Waals surface area contributed by atoms with E-state index in [2.05, 4.69) is 5.32 Å². The summed E-state index contributed by atoms with van der Waals surface area (Å²) in [5, 5.41) is 11.9. The molecule has 1 saturated carbocycles. The number of ether oxygens (including phenoxy) is 1. The molecule has 1 aliphatic carbocycles. The number of carbonyl (C=O) groups is 1. The van der Waals surface area contributed by atoms with Gasteiger partial charge in [0.1, 0.15) is 0 Å². The number of nitrogens with one attached hydrogen (secondary N) is 1. The van der Waals surface area contributed by atoms with E-state index in [4.69, 9.17) is 4.74 Å². The highest BCUT2D eigenvalue weighted by atomic mass is 16.5. The van der Waals surface area contributed by atoms with Crippen LogP contribution >= 0.6 is 0 Å². The third-order valence-electron chi connectivity index (χ3n) is 2.37. The molecule has 0 aromatic heterocycles. The van der Waals surface area contributed by atoms with Crippen LogP contribution < -0.4 is 5.32 Å². The summed E-state index contributed by atoms with van der Waals surface area (Å²) >= 11 is 0. The first kappa shape index (κ1) is 11.5. The highest BCUT2D eigenvalue weighted by molar-refractivity contribution is 5.75. The summed E-state index contributed by atoms with van der Waals surface area (Å²) in [6.45, 7) is 0.556. The lowest BCUT2D eigenvalue weighted by molar-refractivity contribution is -0.121. The van der Waals surface area contributed by atoms with Crippen LogP contribution in [0.4, 0.5) is 0 Å². The molecule has 1 fully saturated rings. The van der Waals surface area contributed by atoms with E-state index in [0.29, 0.717) is 6.42 Å². The van der Waals surface area contributed by atoms with Gasteiger partial charge in [0, 0.05) is 20.1 Å². The number of aliphatic hydroxyl groups is 1. The van der Waals surface area contributed by atoms with E-state index in [0.717, 1.165) is 12.3 Å². The fourth-order valence-corrected chi connectivity index (χ4v) is 1.31. The van der Waals surface area contributed by atoms with E-state index < -0.39 is 6.10 Å². The van der Waals surface area contributed by atoms with Gasteiger partial charge in [-0.15, -0.1) is 0 Å². The van der Waals surface area contributed by atoms with Crippen molar-refractivity contribution >= 4 is 5.91 Å². The van der Waals surface area contributed by atoms with Gasteiger partial charge in [0.2, 0.25) is 5.91 Å². The second kappa shape index (κ2) is 5.98. The summed E-state index contributed by atoms with van der Waals surface area (Å²) < 4.78 is 4.74. The molecule has 1 unspecified atom stereocenters. The average molecular weight is 201 g/mol. The first-order chi connectivity index (χ1) is 6.72. The minimum atomic E-state index is -0.593. The van der Waals surface area contributed by atoms with Gasteiger partial charge in [-0.1, -0.05) is 12.8 Å². The van der Waals surface area contributed by atoms with Gasteiger partial charge >= 0.3 is 0 Å². The number of hydrogen-bond acceptors (Lipinski definition) is 3. The molecule has 1 aliphatic rings. The van der Waals surface area contributed by atoms with Crippen LogP contribution in [0, 0.1) is 5.92 Å². The maximum absolute atomic E-state index is 11.2. The van der Waals surface area contributed by atoms with Crippen molar-refractivity contribution in [3.05, 3.63) is 0 Å². The Morgan fingerprint density at radius 1 is 1.64 bits per heavy atom. The second-order valence-electron chi connectivity index (χ2n) is 3.90. The van der Waals surface area contributed by atoms with E-state index >= 15 is 0 Å². The molecule has 0 aromatic carbocycles. The second-order valence-corrected chi connectivity index (χ2v) is 3.90. The van der Waals surface area contributed by atoms with Gasteiger partial charge in [-0.05, 0) is 12.3 Å². The first-order valence-corrected chi connectivity index (χ1v) is 5.16. The van der Waals surface area contributed by atoms with Crippen molar-refractivity contribution in [2.75, 3.05) is 20.3 Å². The van der Waals surface area contributed by atoms with Crippen LogP contribution in [0.1, 0.15) is 25.7 Å². The van der Waals surface area contributed by atoms with E-state index in [1.54, 1.807) is 0 Å². The van der Waals surface area contributed by atoms with Crippen molar-refractivity contribution in [1.82, 2.24) is 5.32 Å². The molecule has 1 rings (SSSR count). The highest BCUT2D eigenvalue weighted by Gasteiger charge is 2.21. The zero-order chi connectivity index (χ0) is 10.4. The molecule has 0 aromatic rings. The van der Waals surface area contributed by atoms with Gasteiger partial charge in [0.25, 0.3) is 0 Å². The number of methoxy groups -OCH3 is 1. The lowest BCUT2D eigenvalue weighted by Gasteiger charge is -2.10. The summed E-state index contributed by atoms with van der Waals surface area (Å²) in [6, 6.07) is 0. The summed E-state index contributed by atoms with van der Waals surface area (Å²) in [7, 11) is 1.53. The number of aliphatic hydroxyl groups excluding tert-OH is 1. The van der Waals surface area contributed by atoms with Crippen LogP contribution in [-0.2, 0) is 9.53 Å². The minimum absolute atomic E-state index is 0.0343. The van der Waals surface area contributed by atoms with Gasteiger partial charge in [-0.2, -0.15) is 0 Å². The van der Waals surface area contributed by atoms with E-state index in [-0.39, 0.29) is 19.1 Å². The highest BCUT2D eigenvalue weighted by Crippen LogP contribution is 2.33. The number of amides is 1. The quantitative estimate of drug-likeness (QED) is 0.623. The van der Waals surface area contributed by atoms with Crippen LogP contribution in [0.5, 0.6) is 0 Å². The Morgan fingerprint density at radius 3 is 2.93 bits per heavy atom. The molecular weight excluding hydrogens is 182 g/mol. The van der Waals surface area contributed by atoms with Crippen molar-refractivity contribution in [1.29, 1.82) is 0 Å². The van der Waals surface area contributed by atoms with Crippen LogP contribution in [0.2, 0.25) is 0 Å². The fraction of sp³-hybridized carbons (Fsp3) is 0.900. The van der Waals surface area contributed by atoms with Crippen molar-refractivity contribution in [2.24, 2.45) is 5.92 Å².